The number of fused-ring (bicyclic) bond motifs is 4. The highest BCUT2D eigenvalue weighted by molar-refractivity contribution is 9.11. The summed E-state index contributed by atoms with van der Waals surface area (Å²) in [6, 6.07) is 26.1. The second-order valence-corrected chi connectivity index (χ2v) is 21.3. The van der Waals surface area contributed by atoms with E-state index in [4.69, 9.17) is 21.8 Å². The van der Waals surface area contributed by atoms with Crippen molar-refractivity contribution in [2.75, 3.05) is 42.1 Å². The van der Waals surface area contributed by atoms with Crippen molar-refractivity contribution >= 4 is 170 Å². The number of carbonyl (C=O) groups excluding carboxylic acids is 6. The second-order valence-electron chi connectivity index (χ2n) is 18.8. The summed E-state index contributed by atoms with van der Waals surface area (Å²) < 4.78 is 117. The zero-order chi connectivity index (χ0) is 78.2. The van der Waals surface area contributed by atoms with E-state index in [-0.39, 0.29) is 59.3 Å². The minimum absolute atomic E-state index is 0. The molecular formula is C67H63B3Br3F7N10O13. The summed E-state index contributed by atoms with van der Waals surface area (Å²) in [5.41, 5.74) is 21.1. The minimum Gasteiger partial charge on any atom is -0.477 e. The Labute approximate surface area is 615 Å². The number of aryl methyl sites for hydroxylation is 2. The molecule has 0 atom stereocenters. The largest absolute Gasteiger partial charge is 0.477 e. The van der Waals surface area contributed by atoms with Gasteiger partial charge in [-0.05, 0) is 145 Å². The Bertz CT molecular complexity index is 4690. The first-order valence-corrected chi connectivity index (χ1v) is 30.7. The van der Waals surface area contributed by atoms with Crippen LogP contribution in [0.15, 0.2) is 145 Å². The SMILES string of the molecule is C.C=Cc1ccc(F)c2[nH]c(C(=O)OC)cc12.CCc1ccc(F)c2[nH]c(C(=O)O)cc12.CCc1ccc(F)c2[nH]c(C(=O)OC)cc12.COC(=O)/C(=C/c1cc(F)ccc1Br)N=[N+]=[N-].COC(=O)CN=[N+]=[N-].COC(=O)c1cc2c(Br)ccc(F)c2[nH]1.O=Cc1cc(F)ccc1Br.[2H][B].[B]C.[B]F. The van der Waals surface area contributed by atoms with Crippen LogP contribution in [0.4, 0.5) is 30.7 Å². The van der Waals surface area contributed by atoms with Gasteiger partial charge >= 0.3 is 43.9 Å². The van der Waals surface area contributed by atoms with E-state index in [1.54, 1.807) is 48.5 Å². The smallest absolute Gasteiger partial charge is 0.354 e. The Kier molecular flexibility index (Phi) is 41.5. The number of aromatic amines is 4. The fourth-order valence-electron chi connectivity index (χ4n) is 8.23. The number of aromatic carboxylic acids is 1. The normalized spacial score (nSPS) is 9.77. The number of nitrogens with zero attached hydrogens (tertiary/aromatic N) is 6. The lowest BCUT2D eigenvalue weighted by molar-refractivity contribution is -0.139. The van der Waals surface area contributed by atoms with Crippen LogP contribution in [0.1, 0.15) is 95.8 Å². The number of methoxy groups -OCH3 is 5. The number of hydrogen-bond acceptors (Lipinski definition) is 14. The number of esters is 5. The molecule has 0 spiro atoms. The van der Waals surface area contributed by atoms with Crippen molar-refractivity contribution in [3.63, 3.8) is 0 Å². The summed E-state index contributed by atoms with van der Waals surface area (Å²) in [4.78, 5) is 91.6. The molecule has 0 saturated heterocycles. The number of H-pyrrole nitrogens is 4. The molecule has 0 aliphatic carbocycles. The van der Waals surface area contributed by atoms with E-state index in [1.165, 1.54) is 108 Å². The lowest BCUT2D eigenvalue weighted by Gasteiger charge is -2.01. The summed E-state index contributed by atoms with van der Waals surface area (Å²) in [5.74, 6) is -6.37. The number of halogens is 10. The number of carbonyl (C=O) groups is 7. The Morgan fingerprint density at radius 2 is 0.932 bits per heavy atom. The highest BCUT2D eigenvalue weighted by Crippen LogP contribution is 2.29. The Balaban J connectivity index is 0.00000118. The van der Waals surface area contributed by atoms with E-state index in [1.807, 2.05) is 13.8 Å². The van der Waals surface area contributed by atoms with Gasteiger partial charge in [0.2, 0.25) is 0 Å². The van der Waals surface area contributed by atoms with Gasteiger partial charge in [0.25, 0.3) is 0 Å². The average Bonchev–Trinajstić information content (AvgIpc) is 1.67. The average molecular weight is 1620 g/mol. The molecule has 0 bridgehead atoms. The second kappa shape index (κ2) is 47.3. The maximum atomic E-state index is 13.5. The maximum absolute atomic E-state index is 13.5. The summed E-state index contributed by atoms with van der Waals surface area (Å²) in [6.07, 6.45) is 4.98. The lowest BCUT2D eigenvalue weighted by atomic mass is 10.1. The maximum Gasteiger partial charge on any atom is 0.354 e. The molecule has 10 aromatic rings. The zero-order valence-corrected chi connectivity index (χ0v) is 59.8. The third-order valence-corrected chi connectivity index (χ3v) is 15.1. The van der Waals surface area contributed by atoms with Gasteiger partial charge in [0.15, 0.2) is 6.29 Å². The highest BCUT2D eigenvalue weighted by Gasteiger charge is 2.18. The summed E-state index contributed by atoms with van der Waals surface area (Å²) >= 11 is 9.55. The van der Waals surface area contributed by atoms with Gasteiger partial charge in [0.1, 0.15) is 69.9 Å². The molecule has 0 aliphatic heterocycles. The molecule has 5 N–H and O–H groups in total. The van der Waals surface area contributed by atoms with Gasteiger partial charge in [-0.1, -0.05) is 117 Å². The van der Waals surface area contributed by atoms with Crippen molar-refractivity contribution < 1.29 is 93.0 Å². The monoisotopic (exact) mass is 1620 g/mol. The fourth-order valence-corrected chi connectivity index (χ4v) is 9.37. The van der Waals surface area contributed by atoms with Crippen molar-refractivity contribution in [1.82, 2.24) is 19.9 Å². The molecule has 0 fully saturated rings. The Morgan fingerprint density at radius 1 is 0.553 bits per heavy atom. The lowest BCUT2D eigenvalue weighted by Crippen LogP contribution is -2.02. The molecule has 4 aromatic heterocycles. The van der Waals surface area contributed by atoms with Crippen LogP contribution in [0.3, 0.4) is 0 Å². The standard InChI is InChI=1S/C12H12FNO2.C12H10FNO2.C11H10FNO2.C10H7BrFN3O2.C10H7BrFNO2.C7H4BrFO.C3H5N3O2.CH3B.CH4.BF.BH/c2*1-3-7-4-5-9(13)11-8(7)6-10(14-11)12(15)16-2;1-2-6-3-4-8(12)10-7(6)5-9(13-10)11(14)15;1-17-10(16)9(14-15-13)5-6-4-7(12)2-3-8(6)11;1-15-10(14)8-4-5-6(11)2-3-7(12)9(5)13-8;8-7-2-1-6(9)3-5(7)4-10;1-8-3(7)2-5-6-4;1-2;;1-2;/h4-6,14H,3H2,1-2H3;3-6,14H,1H2,2H3;3-5,13H,2H2,1H3,(H,14,15);2-5H,1H3;2-4,13H,1H3;1-4H;2H2,1H3;1H3;1H4;;1H/b;;;9-5-;;;;;;;/i;;;;;;;;;;1D. The number of carboxylic acids is 1. The van der Waals surface area contributed by atoms with E-state index in [9.17, 15) is 59.9 Å². The van der Waals surface area contributed by atoms with Gasteiger partial charge in [0.05, 0.1) is 65.5 Å². The van der Waals surface area contributed by atoms with Crippen molar-refractivity contribution in [2.24, 2.45) is 10.2 Å². The predicted octanol–water partition coefficient (Wildman–Crippen LogP) is 17.3. The molecule has 36 heteroatoms. The first-order valence-electron chi connectivity index (χ1n) is 28.9. The van der Waals surface area contributed by atoms with Gasteiger partial charge in [-0.2, -0.15) is 0 Å². The highest BCUT2D eigenvalue weighted by atomic mass is 79.9. The molecule has 10 rings (SSSR count). The van der Waals surface area contributed by atoms with Gasteiger partial charge in [0, 0.05) is 58.7 Å². The van der Waals surface area contributed by atoms with E-state index in [2.05, 4.69) is 142 Å². The van der Waals surface area contributed by atoms with Crippen molar-refractivity contribution in [2.45, 2.75) is 40.9 Å². The minimum atomic E-state index is -1.08. The molecule has 0 aliphatic rings. The number of aromatic nitrogens is 4. The van der Waals surface area contributed by atoms with Gasteiger partial charge in [-0.15, -0.1) is 0 Å². The zero-order valence-electron chi connectivity index (χ0n) is 56.0. The number of nitrogens with one attached hydrogen (secondary N) is 4. The van der Waals surface area contributed by atoms with Gasteiger partial charge in [-0.25, -0.2) is 50.3 Å². The molecule has 23 nitrogen and oxygen atoms in total. The number of carboxylic acid groups (broad SMARTS) is 1. The summed E-state index contributed by atoms with van der Waals surface area (Å²) in [6.45, 7) is 8.83. The number of hydrogen-bond donors (Lipinski definition) is 5. The van der Waals surface area contributed by atoms with Gasteiger partial charge in [-0.3, -0.25) is 9.59 Å². The van der Waals surface area contributed by atoms with Crippen LogP contribution in [0.25, 0.3) is 76.6 Å². The van der Waals surface area contributed by atoms with Crippen LogP contribution in [0, 0.1) is 34.9 Å². The molecule has 538 valence electrons. The van der Waals surface area contributed by atoms with Crippen LogP contribution in [0.5, 0.6) is 0 Å². The summed E-state index contributed by atoms with van der Waals surface area (Å²) in [5, 5.41) is 17.5. The third-order valence-electron chi connectivity index (χ3n) is 12.9. The number of aldehydes is 1. The number of ether oxygens (including phenoxy) is 5. The van der Waals surface area contributed by atoms with Crippen molar-refractivity contribution in [3.05, 3.63) is 241 Å². The summed E-state index contributed by atoms with van der Waals surface area (Å²) in [7, 11) is 17.5. The number of azide groups is 2. The first kappa shape index (κ1) is 90.2. The van der Waals surface area contributed by atoms with Crippen molar-refractivity contribution in [1.29, 1.82) is 1.34 Å². The molecule has 4 heterocycles. The first-order chi connectivity index (χ1) is 49.2. The van der Waals surface area contributed by atoms with Crippen LogP contribution in [-0.4, -0.2) is 135 Å². The van der Waals surface area contributed by atoms with Crippen LogP contribution >= 0.6 is 47.8 Å². The fraction of sp³-hybridized carbons (Fsp3) is 0.179. The molecule has 6 radical (unpaired) electrons. The molecule has 6 aromatic carbocycles. The predicted molar refractivity (Wildman–Crippen MR) is 392 cm³/mol. The van der Waals surface area contributed by atoms with Gasteiger partial charge < -0.3 is 53.0 Å². The number of benzene rings is 6. The van der Waals surface area contributed by atoms with E-state index in [0.29, 0.717) is 53.6 Å². The quantitative estimate of drug-likeness (QED) is 0.00826. The van der Waals surface area contributed by atoms with Crippen LogP contribution in [-0.2, 0) is 46.1 Å². The topological polar surface area (TPSA) is 347 Å². The molecule has 0 unspecified atom stereocenters. The third kappa shape index (κ3) is 26.9. The van der Waals surface area contributed by atoms with E-state index in [0.717, 1.165) is 46.5 Å². The molecule has 0 amide bonds. The van der Waals surface area contributed by atoms with E-state index >= 15 is 0 Å². The molecule has 103 heavy (non-hydrogen) atoms. The Morgan fingerprint density at radius 3 is 1.31 bits per heavy atom. The van der Waals surface area contributed by atoms with Crippen LogP contribution < -0.4 is 0 Å². The van der Waals surface area contributed by atoms with Crippen molar-refractivity contribution in [3.8, 4) is 0 Å². The van der Waals surface area contributed by atoms with Crippen LogP contribution in [0.2, 0.25) is 6.82 Å². The molecular weight excluding hydrogens is 1560 g/mol. The van der Waals surface area contributed by atoms with E-state index < -0.39 is 64.9 Å². The molecule has 0 saturated carbocycles. The number of rotatable bonds is 13. The Hall–Kier alpha value is -10.8.